The van der Waals surface area contributed by atoms with Gasteiger partial charge in [0.15, 0.2) is 12.3 Å². The molecule has 1 aliphatic rings. The lowest BCUT2D eigenvalue weighted by Gasteiger charge is -2.22. The molecule has 0 atom stereocenters. The molecule has 1 saturated heterocycles. The van der Waals surface area contributed by atoms with Crippen molar-refractivity contribution in [2.24, 2.45) is 0 Å². The van der Waals surface area contributed by atoms with Crippen molar-refractivity contribution in [2.75, 3.05) is 0 Å². The summed E-state index contributed by atoms with van der Waals surface area (Å²) in [6.07, 6.45) is 0. The van der Waals surface area contributed by atoms with Crippen LogP contribution in [0.3, 0.4) is 0 Å². The van der Waals surface area contributed by atoms with E-state index in [1.807, 2.05) is 36.4 Å². The number of hydrogen-bond acceptors (Lipinski definition) is 5. The summed E-state index contributed by atoms with van der Waals surface area (Å²) in [7, 11) is -3.36. The molecular weight excluding hydrogens is 247 g/mol. The Morgan fingerprint density at radius 3 is 2.56 bits per heavy atom. The van der Waals surface area contributed by atoms with Gasteiger partial charge in [0.05, 0.1) is 0 Å². The minimum absolute atomic E-state index is 0.502. The van der Waals surface area contributed by atoms with Gasteiger partial charge in [0, 0.05) is 5.39 Å². The zero-order chi connectivity index (χ0) is 11.0. The zero-order valence-electron chi connectivity index (χ0n) is 8.03. The van der Waals surface area contributed by atoms with Crippen molar-refractivity contribution in [1.82, 2.24) is 0 Å². The number of rotatable bonds is 2. The van der Waals surface area contributed by atoms with E-state index in [0.29, 0.717) is 18.1 Å². The van der Waals surface area contributed by atoms with E-state index in [-0.39, 0.29) is 0 Å². The van der Waals surface area contributed by atoms with Crippen LogP contribution in [0.15, 0.2) is 42.5 Å². The van der Waals surface area contributed by atoms with Gasteiger partial charge < -0.3 is 4.52 Å². The van der Waals surface area contributed by atoms with Gasteiger partial charge in [-0.1, -0.05) is 36.4 Å². The van der Waals surface area contributed by atoms with Gasteiger partial charge in [-0.2, -0.15) is 7.94 Å². The van der Waals surface area contributed by atoms with Gasteiger partial charge in [0.25, 0.3) is 0 Å². The highest BCUT2D eigenvalue weighted by Gasteiger charge is 2.41. The SMILES string of the molecule is O=P1(Oc2cccc3ccccc23)OSO1. The molecule has 4 nitrogen and oxygen atoms in total. The topological polar surface area (TPSA) is 44.8 Å². The molecule has 0 aromatic heterocycles. The largest absolute Gasteiger partial charge is 0.556 e. The summed E-state index contributed by atoms with van der Waals surface area (Å²) in [5.74, 6) is 0.502. The monoisotopic (exact) mass is 254 g/mol. The van der Waals surface area contributed by atoms with Crippen LogP contribution in [0.25, 0.3) is 10.8 Å². The molecule has 0 spiro atoms. The van der Waals surface area contributed by atoms with Crippen molar-refractivity contribution in [3.63, 3.8) is 0 Å². The molecule has 1 heterocycles. The second-order valence-corrected chi connectivity index (χ2v) is 5.64. The first kappa shape index (κ1) is 10.2. The minimum Gasteiger partial charge on any atom is -0.402 e. The fraction of sp³-hybridized carbons (Fsp3) is 0. The molecule has 6 heteroatoms. The highest BCUT2D eigenvalue weighted by Crippen LogP contribution is 2.65. The third-order valence-corrected chi connectivity index (χ3v) is 4.57. The Labute approximate surface area is 96.5 Å². The van der Waals surface area contributed by atoms with Crippen LogP contribution in [0.4, 0.5) is 0 Å². The average molecular weight is 254 g/mol. The van der Waals surface area contributed by atoms with Crippen LogP contribution in [-0.4, -0.2) is 0 Å². The van der Waals surface area contributed by atoms with Crippen LogP contribution >= 0.6 is 20.1 Å². The van der Waals surface area contributed by atoms with Gasteiger partial charge in [0.1, 0.15) is 5.75 Å². The van der Waals surface area contributed by atoms with E-state index in [4.69, 9.17) is 12.5 Å². The van der Waals surface area contributed by atoms with Crippen molar-refractivity contribution < 1.29 is 17.0 Å². The fourth-order valence-corrected chi connectivity index (χ4v) is 2.79. The van der Waals surface area contributed by atoms with E-state index in [9.17, 15) is 4.57 Å². The Bertz CT molecular complexity index is 573. The molecule has 1 fully saturated rings. The van der Waals surface area contributed by atoms with E-state index in [0.717, 1.165) is 10.8 Å². The molecule has 82 valence electrons. The van der Waals surface area contributed by atoms with Gasteiger partial charge in [0.2, 0.25) is 0 Å². The van der Waals surface area contributed by atoms with Crippen molar-refractivity contribution in [1.29, 1.82) is 0 Å². The molecule has 0 radical (unpaired) electrons. The smallest absolute Gasteiger partial charge is 0.402 e. The highest BCUT2D eigenvalue weighted by atomic mass is 32.2. The van der Waals surface area contributed by atoms with Gasteiger partial charge >= 0.3 is 7.82 Å². The molecule has 1 aliphatic heterocycles. The molecule has 16 heavy (non-hydrogen) atoms. The Balaban J connectivity index is 2.06. The summed E-state index contributed by atoms with van der Waals surface area (Å²) in [6.45, 7) is 0. The second kappa shape index (κ2) is 3.79. The Morgan fingerprint density at radius 2 is 1.81 bits per heavy atom. The average Bonchev–Trinajstić information content (AvgIpc) is 2.27. The molecule has 0 bridgehead atoms. The molecule has 0 saturated carbocycles. The summed E-state index contributed by atoms with van der Waals surface area (Å²) in [6, 6.07) is 13.2. The maximum Gasteiger partial charge on any atom is 0.556 e. The van der Waals surface area contributed by atoms with Crippen LogP contribution in [0.5, 0.6) is 5.75 Å². The first-order valence-electron chi connectivity index (χ1n) is 4.59. The molecule has 0 unspecified atom stereocenters. The summed E-state index contributed by atoms with van der Waals surface area (Å²) >= 11 is 0.681. The third kappa shape index (κ3) is 1.72. The molecule has 0 amide bonds. The lowest BCUT2D eigenvalue weighted by atomic mass is 10.1. The normalized spacial score (nSPS) is 18.0. The maximum absolute atomic E-state index is 11.6. The Morgan fingerprint density at radius 1 is 1.06 bits per heavy atom. The van der Waals surface area contributed by atoms with Crippen molar-refractivity contribution in [2.45, 2.75) is 0 Å². The van der Waals surface area contributed by atoms with Crippen LogP contribution < -0.4 is 4.52 Å². The van der Waals surface area contributed by atoms with Gasteiger partial charge in [-0.25, -0.2) is 4.57 Å². The summed E-state index contributed by atoms with van der Waals surface area (Å²) in [5.41, 5.74) is 0. The number of hydrogen-bond donors (Lipinski definition) is 0. The second-order valence-electron chi connectivity index (χ2n) is 3.23. The predicted octanol–water partition coefficient (Wildman–Crippen LogP) is 3.94. The van der Waals surface area contributed by atoms with E-state index in [2.05, 4.69) is 0 Å². The molecule has 0 aliphatic carbocycles. The highest BCUT2D eigenvalue weighted by molar-refractivity contribution is 8.02. The van der Waals surface area contributed by atoms with E-state index < -0.39 is 7.82 Å². The Hall–Kier alpha value is -1.00. The first-order valence-corrected chi connectivity index (χ1v) is 6.72. The summed E-state index contributed by atoms with van der Waals surface area (Å²) < 4.78 is 26.2. The standard InChI is InChI=1S/C10H7O4PS/c11-15(13-16-14-15)12-10-7-3-5-8-4-1-2-6-9(8)10/h1-7H. The summed E-state index contributed by atoms with van der Waals surface area (Å²) in [5, 5.41) is 1.89. The zero-order valence-corrected chi connectivity index (χ0v) is 9.74. The van der Waals surface area contributed by atoms with Crippen molar-refractivity contribution in [3.8, 4) is 5.75 Å². The van der Waals surface area contributed by atoms with Crippen LogP contribution in [0, 0.1) is 0 Å². The lowest BCUT2D eigenvalue weighted by molar-refractivity contribution is 0.278. The van der Waals surface area contributed by atoms with E-state index in [1.165, 1.54) is 0 Å². The van der Waals surface area contributed by atoms with Crippen LogP contribution in [0.2, 0.25) is 0 Å². The molecule has 3 rings (SSSR count). The number of fused-ring (bicyclic) bond motifs is 1. The number of benzene rings is 2. The third-order valence-electron chi connectivity index (χ3n) is 2.20. The van der Waals surface area contributed by atoms with Crippen LogP contribution in [0.1, 0.15) is 0 Å². The quantitative estimate of drug-likeness (QED) is 0.600. The van der Waals surface area contributed by atoms with Gasteiger partial charge in [-0.05, 0) is 11.5 Å². The molecule has 2 aromatic rings. The van der Waals surface area contributed by atoms with E-state index in [1.54, 1.807) is 6.07 Å². The predicted molar refractivity (Wildman–Crippen MR) is 61.9 cm³/mol. The molecule has 2 aromatic carbocycles. The maximum atomic E-state index is 11.6. The first-order chi connectivity index (χ1) is 7.77. The van der Waals surface area contributed by atoms with Crippen molar-refractivity contribution >= 4 is 30.9 Å². The fourth-order valence-electron chi connectivity index (χ4n) is 1.51. The Kier molecular flexibility index (Phi) is 2.41. The van der Waals surface area contributed by atoms with Crippen molar-refractivity contribution in [3.05, 3.63) is 42.5 Å². The lowest BCUT2D eigenvalue weighted by Crippen LogP contribution is -2.02. The van der Waals surface area contributed by atoms with Gasteiger partial charge in [-0.3, -0.25) is 0 Å². The van der Waals surface area contributed by atoms with Crippen LogP contribution in [-0.2, 0) is 12.5 Å². The summed E-state index contributed by atoms with van der Waals surface area (Å²) in [4.78, 5) is 0. The van der Waals surface area contributed by atoms with Gasteiger partial charge in [-0.15, -0.1) is 0 Å². The molecule has 0 N–H and O–H groups in total. The molecular formula is C10H7O4PS. The number of phosphoric acid groups is 1. The van der Waals surface area contributed by atoms with E-state index >= 15 is 0 Å². The minimum atomic E-state index is -3.36.